The smallest absolute Gasteiger partial charge is 0.141 e. The lowest BCUT2D eigenvalue weighted by atomic mass is 9.81. The van der Waals surface area contributed by atoms with Crippen molar-refractivity contribution in [1.29, 1.82) is 0 Å². The van der Waals surface area contributed by atoms with Crippen molar-refractivity contribution in [2.75, 3.05) is 13.1 Å². The molecule has 0 unspecified atom stereocenters. The van der Waals surface area contributed by atoms with Gasteiger partial charge in [0.05, 0.1) is 4.47 Å². The van der Waals surface area contributed by atoms with Crippen molar-refractivity contribution < 1.29 is 4.39 Å². The zero-order valence-corrected chi connectivity index (χ0v) is 13.3. The molecule has 102 valence electrons. The van der Waals surface area contributed by atoms with Gasteiger partial charge in [-0.15, -0.1) is 0 Å². The second-order valence-corrected chi connectivity index (χ2v) is 6.69. The summed E-state index contributed by atoms with van der Waals surface area (Å²) in [6.45, 7) is 10.5. The number of benzene rings is 1. The molecule has 0 spiro atoms. The van der Waals surface area contributed by atoms with E-state index in [-0.39, 0.29) is 11.2 Å². The van der Waals surface area contributed by atoms with Crippen LogP contribution in [0.1, 0.15) is 39.7 Å². The van der Waals surface area contributed by atoms with E-state index in [4.69, 9.17) is 0 Å². The normalized spacial score (nSPS) is 12.2. The minimum absolute atomic E-state index is 0.133. The molecule has 0 aliphatic rings. The molecule has 3 heteroatoms. The van der Waals surface area contributed by atoms with Crippen LogP contribution >= 0.6 is 15.9 Å². The summed E-state index contributed by atoms with van der Waals surface area (Å²) in [5.74, 6) is 0.516. The van der Waals surface area contributed by atoms with Gasteiger partial charge in [0.2, 0.25) is 0 Å². The summed E-state index contributed by atoms with van der Waals surface area (Å²) in [5, 5.41) is 3.41. The highest BCUT2D eigenvalue weighted by Crippen LogP contribution is 2.31. The van der Waals surface area contributed by atoms with Gasteiger partial charge in [-0.05, 0) is 58.4 Å². The van der Waals surface area contributed by atoms with Gasteiger partial charge in [-0.25, -0.2) is 4.39 Å². The first-order chi connectivity index (χ1) is 8.34. The summed E-state index contributed by atoms with van der Waals surface area (Å²) < 4.78 is 14.6. The summed E-state index contributed by atoms with van der Waals surface area (Å²) in [6.07, 6.45) is 0.924. The maximum absolute atomic E-state index is 14.1. The van der Waals surface area contributed by atoms with Gasteiger partial charge in [0.25, 0.3) is 0 Å². The molecule has 0 aliphatic heterocycles. The van der Waals surface area contributed by atoms with Crippen molar-refractivity contribution in [3.63, 3.8) is 0 Å². The molecule has 0 aliphatic carbocycles. The number of hydrogen-bond acceptors (Lipinski definition) is 1. The van der Waals surface area contributed by atoms with Crippen LogP contribution < -0.4 is 5.32 Å². The molecule has 0 bridgehead atoms. The van der Waals surface area contributed by atoms with Gasteiger partial charge < -0.3 is 5.32 Å². The first kappa shape index (κ1) is 15.6. The van der Waals surface area contributed by atoms with Gasteiger partial charge in [0, 0.05) is 0 Å². The third-order valence-electron chi connectivity index (χ3n) is 3.16. The van der Waals surface area contributed by atoms with Gasteiger partial charge in [0.15, 0.2) is 0 Å². The Bertz CT molecular complexity index is 388. The maximum Gasteiger partial charge on any atom is 0.141 e. The minimum Gasteiger partial charge on any atom is -0.316 e. The quantitative estimate of drug-likeness (QED) is 0.762. The molecule has 0 saturated carbocycles. The van der Waals surface area contributed by atoms with Crippen LogP contribution in [0.5, 0.6) is 0 Å². The average Bonchev–Trinajstić information content (AvgIpc) is 2.28. The van der Waals surface area contributed by atoms with Crippen LogP contribution in [0.3, 0.4) is 0 Å². The maximum atomic E-state index is 14.1. The fraction of sp³-hybridized carbons (Fsp3) is 0.600. The number of rotatable bonds is 6. The molecule has 0 aromatic heterocycles. The topological polar surface area (TPSA) is 12.0 Å². The van der Waals surface area contributed by atoms with Crippen molar-refractivity contribution in [3.05, 3.63) is 34.1 Å². The molecule has 1 aromatic rings. The van der Waals surface area contributed by atoms with Gasteiger partial charge in [-0.3, -0.25) is 0 Å². The van der Waals surface area contributed by atoms with E-state index in [0.717, 1.165) is 25.1 Å². The van der Waals surface area contributed by atoms with Gasteiger partial charge in [-0.1, -0.05) is 39.8 Å². The van der Waals surface area contributed by atoms with Crippen LogP contribution in [-0.2, 0) is 5.41 Å². The van der Waals surface area contributed by atoms with E-state index in [0.29, 0.717) is 10.4 Å². The Balaban J connectivity index is 2.65. The van der Waals surface area contributed by atoms with E-state index in [9.17, 15) is 4.39 Å². The van der Waals surface area contributed by atoms with E-state index in [1.807, 2.05) is 12.1 Å². The highest BCUT2D eigenvalue weighted by molar-refractivity contribution is 9.10. The predicted molar refractivity (Wildman–Crippen MR) is 79.5 cm³/mol. The lowest BCUT2D eigenvalue weighted by Crippen LogP contribution is -2.28. The third kappa shape index (κ3) is 4.36. The summed E-state index contributed by atoms with van der Waals surface area (Å²) >= 11 is 3.25. The van der Waals surface area contributed by atoms with Crippen molar-refractivity contribution in [2.24, 2.45) is 5.92 Å². The van der Waals surface area contributed by atoms with Gasteiger partial charge in [-0.2, -0.15) is 0 Å². The van der Waals surface area contributed by atoms with Crippen LogP contribution in [0.2, 0.25) is 0 Å². The van der Waals surface area contributed by atoms with E-state index >= 15 is 0 Å². The Morgan fingerprint density at radius 3 is 2.61 bits per heavy atom. The number of hydrogen-bond donors (Lipinski definition) is 1. The Hall–Kier alpha value is -0.410. The summed E-state index contributed by atoms with van der Waals surface area (Å²) in [4.78, 5) is 0. The zero-order valence-electron chi connectivity index (χ0n) is 11.7. The second-order valence-electron chi connectivity index (χ2n) is 5.83. The SMILES string of the molecule is CC(C)CNCCC(C)(C)c1cccc(Br)c1F. The standard InChI is InChI=1S/C15H23BrFN/c1-11(2)10-18-9-8-15(3,4)12-6-5-7-13(16)14(12)17/h5-7,11,18H,8-10H2,1-4H3. The first-order valence-electron chi connectivity index (χ1n) is 6.50. The Morgan fingerprint density at radius 2 is 2.00 bits per heavy atom. The second kappa shape index (κ2) is 6.67. The lowest BCUT2D eigenvalue weighted by Gasteiger charge is -2.26. The molecule has 1 aromatic carbocycles. The third-order valence-corrected chi connectivity index (χ3v) is 3.77. The van der Waals surface area contributed by atoms with Crippen molar-refractivity contribution in [2.45, 2.75) is 39.5 Å². The molecular weight excluding hydrogens is 293 g/mol. The average molecular weight is 316 g/mol. The molecule has 0 radical (unpaired) electrons. The van der Waals surface area contributed by atoms with Crippen LogP contribution in [0, 0.1) is 11.7 Å². The Morgan fingerprint density at radius 1 is 1.33 bits per heavy atom. The van der Waals surface area contributed by atoms with Crippen LogP contribution in [-0.4, -0.2) is 13.1 Å². The first-order valence-corrected chi connectivity index (χ1v) is 7.29. The molecule has 18 heavy (non-hydrogen) atoms. The van der Waals surface area contributed by atoms with E-state index < -0.39 is 0 Å². The summed E-state index contributed by atoms with van der Waals surface area (Å²) in [5.41, 5.74) is 0.626. The van der Waals surface area contributed by atoms with Gasteiger partial charge >= 0.3 is 0 Å². The van der Waals surface area contributed by atoms with Crippen LogP contribution in [0.4, 0.5) is 4.39 Å². The molecule has 0 amide bonds. The molecule has 0 atom stereocenters. The lowest BCUT2D eigenvalue weighted by molar-refractivity contribution is 0.423. The Labute approximate surface area is 118 Å². The van der Waals surface area contributed by atoms with Crippen molar-refractivity contribution >= 4 is 15.9 Å². The largest absolute Gasteiger partial charge is 0.316 e. The fourth-order valence-electron chi connectivity index (χ4n) is 1.95. The summed E-state index contributed by atoms with van der Waals surface area (Å²) in [6, 6.07) is 5.51. The Kier molecular flexibility index (Phi) is 5.80. The predicted octanol–water partition coefficient (Wildman–Crippen LogP) is 4.50. The van der Waals surface area contributed by atoms with E-state index in [1.165, 1.54) is 0 Å². The molecular formula is C15H23BrFN. The minimum atomic E-state index is -0.155. The molecule has 0 saturated heterocycles. The zero-order chi connectivity index (χ0) is 13.8. The van der Waals surface area contributed by atoms with Crippen LogP contribution in [0.25, 0.3) is 0 Å². The molecule has 0 fully saturated rings. The number of halogens is 2. The number of nitrogens with one attached hydrogen (secondary N) is 1. The summed E-state index contributed by atoms with van der Waals surface area (Å²) in [7, 11) is 0. The molecule has 1 N–H and O–H groups in total. The van der Waals surface area contributed by atoms with Crippen molar-refractivity contribution in [1.82, 2.24) is 5.32 Å². The highest BCUT2D eigenvalue weighted by atomic mass is 79.9. The highest BCUT2D eigenvalue weighted by Gasteiger charge is 2.24. The molecule has 1 nitrogen and oxygen atoms in total. The molecule has 1 rings (SSSR count). The monoisotopic (exact) mass is 315 g/mol. The van der Waals surface area contributed by atoms with E-state index in [2.05, 4.69) is 48.9 Å². The van der Waals surface area contributed by atoms with E-state index in [1.54, 1.807) is 6.07 Å². The van der Waals surface area contributed by atoms with Crippen molar-refractivity contribution in [3.8, 4) is 0 Å². The van der Waals surface area contributed by atoms with Gasteiger partial charge in [0.1, 0.15) is 5.82 Å². The molecule has 0 heterocycles. The van der Waals surface area contributed by atoms with Crippen LogP contribution in [0.15, 0.2) is 22.7 Å². The fourth-order valence-corrected chi connectivity index (χ4v) is 2.32.